The Hall–Kier alpha value is -1.37. The van der Waals surface area contributed by atoms with Crippen molar-refractivity contribution in [1.29, 1.82) is 0 Å². The number of aromatic carboxylic acids is 1. The predicted octanol–water partition coefficient (Wildman–Crippen LogP) is 2.87. The molecule has 0 saturated carbocycles. The van der Waals surface area contributed by atoms with E-state index in [1.54, 1.807) is 0 Å². The van der Waals surface area contributed by atoms with Gasteiger partial charge in [0.05, 0.1) is 30.3 Å². The summed E-state index contributed by atoms with van der Waals surface area (Å²) in [5, 5.41) is 11.2. The molecule has 0 N–H and O–H groups in total. The predicted molar refractivity (Wildman–Crippen MR) is 127 cm³/mol. The second-order valence-electron chi connectivity index (χ2n) is 8.56. The van der Waals surface area contributed by atoms with E-state index in [4.69, 9.17) is 9.47 Å². The molecule has 0 aromatic heterocycles. The third-order valence-corrected chi connectivity index (χ3v) is 5.66. The SMILES string of the molecule is CCCCCCCCCOC(=O)c1ccc(C(=O)[O-])cc1C(=O)OCCCCCCCCC.[Na+]. The van der Waals surface area contributed by atoms with E-state index in [9.17, 15) is 19.5 Å². The Labute approximate surface area is 227 Å². The molecule has 0 bridgehead atoms. The van der Waals surface area contributed by atoms with Crippen LogP contribution in [0.5, 0.6) is 0 Å². The standard InChI is InChI=1S/C27H42O6.Na/c1-3-5-7-9-11-13-15-19-32-26(30)23-18-17-22(25(28)29)21-24(23)27(31)33-20-16-14-12-10-8-6-4-2;/h17-18,21H,3-16,19-20H2,1-2H3,(H,28,29);/q;+1/p-1. The van der Waals surface area contributed by atoms with Crippen LogP contribution in [0.15, 0.2) is 18.2 Å². The molecular weight excluding hydrogens is 443 g/mol. The second kappa shape index (κ2) is 21.0. The van der Waals surface area contributed by atoms with Gasteiger partial charge in [-0.15, -0.1) is 0 Å². The Balaban J connectivity index is 0.0000109. The van der Waals surface area contributed by atoms with E-state index in [2.05, 4.69) is 13.8 Å². The van der Waals surface area contributed by atoms with Crippen molar-refractivity contribution in [3.05, 3.63) is 34.9 Å². The quantitative estimate of drug-likeness (QED) is 0.170. The molecule has 0 aliphatic carbocycles. The maximum absolute atomic E-state index is 12.6. The summed E-state index contributed by atoms with van der Waals surface area (Å²) >= 11 is 0. The number of benzene rings is 1. The summed E-state index contributed by atoms with van der Waals surface area (Å²) < 4.78 is 10.6. The molecule has 1 aromatic carbocycles. The molecule has 0 atom stereocenters. The molecule has 1 aromatic rings. The van der Waals surface area contributed by atoms with Crippen LogP contribution in [0.1, 0.15) is 135 Å². The van der Waals surface area contributed by atoms with Crippen LogP contribution < -0.4 is 34.7 Å². The van der Waals surface area contributed by atoms with Crippen LogP contribution in [0.25, 0.3) is 0 Å². The zero-order valence-electron chi connectivity index (χ0n) is 21.5. The van der Waals surface area contributed by atoms with Crippen molar-refractivity contribution in [1.82, 2.24) is 0 Å². The molecule has 0 fully saturated rings. The van der Waals surface area contributed by atoms with Gasteiger partial charge in [-0.1, -0.05) is 97.0 Å². The van der Waals surface area contributed by atoms with Crippen molar-refractivity contribution in [2.45, 2.75) is 104 Å². The van der Waals surface area contributed by atoms with Crippen LogP contribution in [0.2, 0.25) is 0 Å². The zero-order valence-corrected chi connectivity index (χ0v) is 23.5. The first kappa shape index (κ1) is 32.6. The summed E-state index contributed by atoms with van der Waals surface area (Å²) in [6, 6.07) is 3.67. The van der Waals surface area contributed by atoms with Gasteiger partial charge in [0.2, 0.25) is 0 Å². The number of carbonyl (C=O) groups is 3. The second-order valence-corrected chi connectivity index (χ2v) is 8.56. The summed E-state index contributed by atoms with van der Waals surface area (Å²) in [6.07, 6.45) is 15.3. The van der Waals surface area contributed by atoms with E-state index >= 15 is 0 Å². The Kier molecular flexibility index (Phi) is 20.1. The zero-order chi connectivity index (χ0) is 24.3. The number of esters is 2. The number of hydrogen-bond donors (Lipinski definition) is 0. The number of ether oxygens (including phenoxy) is 2. The van der Waals surface area contributed by atoms with E-state index in [0.717, 1.165) is 44.6 Å². The Bertz CT molecular complexity index is 719. The van der Waals surface area contributed by atoms with Gasteiger partial charge in [0.1, 0.15) is 0 Å². The van der Waals surface area contributed by atoms with Crippen molar-refractivity contribution in [3.63, 3.8) is 0 Å². The van der Waals surface area contributed by atoms with Gasteiger partial charge in [0.15, 0.2) is 0 Å². The van der Waals surface area contributed by atoms with Gasteiger partial charge in [0.25, 0.3) is 0 Å². The third-order valence-electron chi connectivity index (χ3n) is 5.66. The molecular formula is C27H41NaO6. The van der Waals surface area contributed by atoms with Crippen LogP contribution in [0.3, 0.4) is 0 Å². The Morgan fingerprint density at radius 2 is 1.06 bits per heavy atom. The minimum atomic E-state index is -1.42. The van der Waals surface area contributed by atoms with Crippen molar-refractivity contribution >= 4 is 17.9 Å². The Morgan fingerprint density at radius 1 is 0.647 bits per heavy atom. The molecule has 0 aliphatic rings. The van der Waals surface area contributed by atoms with Crippen molar-refractivity contribution in [3.8, 4) is 0 Å². The topological polar surface area (TPSA) is 92.7 Å². The number of unbranched alkanes of at least 4 members (excludes halogenated alkanes) is 12. The average Bonchev–Trinajstić information content (AvgIpc) is 2.81. The monoisotopic (exact) mass is 484 g/mol. The van der Waals surface area contributed by atoms with E-state index in [1.165, 1.54) is 63.5 Å². The van der Waals surface area contributed by atoms with Gasteiger partial charge in [-0.05, 0) is 30.5 Å². The minimum absolute atomic E-state index is 0. The summed E-state index contributed by atoms with van der Waals surface area (Å²) in [5.74, 6) is -2.78. The van der Waals surface area contributed by atoms with Crippen molar-refractivity contribution in [2.24, 2.45) is 0 Å². The number of carboxylic acid groups (broad SMARTS) is 1. The fraction of sp³-hybridized carbons (Fsp3) is 0.667. The summed E-state index contributed by atoms with van der Waals surface area (Å²) in [7, 11) is 0. The number of carbonyl (C=O) groups excluding carboxylic acids is 3. The van der Waals surface area contributed by atoms with E-state index < -0.39 is 17.9 Å². The maximum atomic E-state index is 12.6. The average molecular weight is 485 g/mol. The number of hydrogen-bond acceptors (Lipinski definition) is 6. The first-order valence-corrected chi connectivity index (χ1v) is 12.7. The first-order valence-electron chi connectivity index (χ1n) is 12.7. The molecule has 34 heavy (non-hydrogen) atoms. The molecule has 0 heterocycles. The summed E-state index contributed by atoms with van der Waals surface area (Å²) in [6.45, 7) is 4.85. The normalized spacial score (nSPS) is 10.4. The number of carboxylic acids is 1. The van der Waals surface area contributed by atoms with E-state index in [1.807, 2.05) is 0 Å². The molecule has 6 nitrogen and oxygen atoms in total. The van der Waals surface area contributed by atoms with E-state index in [-0.39, 0.29) is 59.5 Å². The first-order chi connectivity index (χ1) is 16.0. The molecule has 0 unspecified atom stereocenters. The maximum Gasteiger partial charge on any atom is 1.00 e. The minimum Gasteiger partial charge on any atom is -0.545 e. The van der Waals surface area contributed by atoms with Crippen LogP contribution in [-0.2, 0) is 9.47 Å². The van der Waals surface area contributed by atoms with Crippen LogP contribution in [0.4, 0.5) is 0 Å². The van der Waals surface area contributed by atoms with Crippen molar-refractivity contribution < 1.29 is 58.5 Å². The van der Waals surface area contributed by atoms with Gasteiger partial charge in [0, 0.05) is 0 Å². The smallest absolute Gasteiger partial charge is 0.545 e. The Morgan fingerprint density at radius 3 is 1.50 bits per heavy atom. The van der Waals surface area contributed by atoms with Gasteiger partial charge in [-0.3, -0.25) is 0 Å². The van der Waals surface area contributed by atoms with Gasteiger partial charge < -0.3 is 19.4 Å². The van der Waals surface area contributed by atoms with Crippen LogP contribution >= 0.6 is 0 Å². The molecule has 0 amide bonds. The van der Waals surface area contributed by atoms with Crippen LogP contribution in [0, 0.1) is 0 Å². The molecule has 7 heteroatoms. The number of rotatable bonds is 19. The molecule has 0 radical (unpaired) electrons. The molecule has 0 spiro atoms. The van der Waals surface area contributed by atoms with Gasteiger partial charge >= 0.3 is 41.5 Å². The third kappa shape index (κ3) is 14.1. The summed E-state index contributed by atoms with van der Waals surface area (Å²) in [5.41, 5.74) is -0.252. The molecule has 0 saturated heterocycles. The van der Waals surface area contributed by atoms with E-state index in [0.29, 0.717) is 0 Å². The molecule has 0 aliphatic heterocycles. The fourth-order valence-electron chi connectivity index (χ4n) is 3.62. The van der Waals surface area contributed by atoms with Gasteiger partial charge in [-0.2, -0.15) is 0 Å². The fourth-order valence-corrected chi connectivity index (χ4v) is 3.62. The summed E-state index contributed by atoms with van der Waals surface area (Å²) in [4.78, 5) is 36.3. The van der Waals surface area contributed by atoms with Gasteiger partial charge in [-0.25, -0.2) is 9.59 Å². The molecule has 1 rings (SSSR count). The van der Waals surface area contributed by atoms with Crippen molar-refractivity contribution in [2.75, 3.05) is 13.2 Å². The van der Waals surface area contributed by atoms with Crippen LogP contribution in [-0.4, -0.2) is 31.1 Å². The molecule has 186 valence electrons. The largest absolute Gasteiger partial charge is 1.00 e.